The molecular formula is C22H21BClN5O. The van der Waals surface area contributed by atoms with Crippen molar-refractivity contribution in [3.8, 4) is 11.3 Å². The molecule has 8 heteroatoms. The van der Waals surface area contributed by atoms with Crippen molar-refractivity contribution in [1.82, 2.24) is 19.9 Å². The SMILES string of the molecule is Bc1cnn2c(NCc3ccc(CNC(C)=O)cc3)cc(-c3ccccc3Cl)nc12. The van der Waals surface area contributed by atoms with Crippen LogP contribution in [0.25, 0.3) is 16.9 Å². The summed E-state index contributed by atoms with van der Waals surface area (Å²) in [5.41, 5.74) is 5.64. The van der Waals surface area contributed by atoms with Crippen LogP contribution in [-0.4, -0.2) is 28.4 Å². The van der Waals surface area contributed by atoms with E-state index in [2.05, 4.69) is 15.7 Å². The molecule has 0 radical (unpaired) electrons. The number of hydrogen-bond donors (Lipinski definition) is 2. The Morgan fingerprint density at radius 1 is 1.10 bits per heavy atom. The Morgan fingerprint density at radius 2 is 1.80 bits per heavy atom. The number of halogens is 1. The van der Waals surface area contributed by atoms with E-state index in [0.717, 1.165) is 39.3 Å². The third kappa shape index (κ3) is 4.31. The zero-order valence-electron chi connectivity index (χ0n) is 16.8. The van der Waals surface area contributed by atoms with E-state index in [4.69, 9.17) is 16.6 Å². The number of amides is 1. The highest BCUT2D eigenvalue weighted by atomic mass is 35.5. The van der Waals surface area contributed by atoms with Gasteiger partial charge in [0, 0.05) is 42.9 Å². The second kappa shape index (κ2) is 8.59. The first-order chi connectivity index (χ1) is 14.5. The summed E-state index contributed by atoms with van der Waals surface area (Å²) in [5, 5.41) is 11.4. The number of nitrogens with zero attached hydrogens (tertiary/aromatic N) is 3. The van der Waals surface area contributed by atoms with Gasteiger partial charge in [-0.05, 0) is 22.7 Å². The fourth-order valence-corrected chi connectivity index (χ4v) is 3.43. The van der Waals surface area contributed by atoms with Crippen LogP contribution in [0.5, 0.6) is 0 Å². The van der Waals surface area contributed by atoms with Crippen LogP contribution in [0.2, 0.25) is 5.02 Å². The Balaban J connectivity index is 1.59. The molecule has 4 rings (SSSR count). The topological polar surface area (TPSA) is 71.3 Å². The first-order valence-corrected chi connectivity index (χ1v) is 10.1. The maximum atomic E-state index is 11.1. The fourth-order valence-electron chi connectivity index (χ4n) is 3.20. The van der Waals surface area contributed by atoms with Gasteiger partial charge in [0.1, 0.15) is 13.7 Å². The van der Waals surface area contributed by atoms with Crippen molar-refractivity contribution in [1.29, 1.82) is 0 Å². The Bertz CT molecular complexity index is 1210. The van der Waals surface area contributed by atoms with Gasteiger partial charge in [0.05, 0.1) is 5.69 Å². The lowest BCUT2D eigenvalue weighted by Gasteiger charge is -2.12. The maximum absolute atomic E-state index is 11.1. The molecule has 4 aromatic rings. The second-order valence-corrected chi connectivity index (χ2v) is 7.56. The van der Waals surface area contributed by atoms with E-state index in [0.29, 0.717) is 18.1 Å². The van der Waals surface area contributed by atoms with E-state index < -0.39 is 0 Å². The minimum absolute atomic E-state index is 0.0358. The van der Waals surface area contributed by atoms with Crippen molar-refractivity contribution in [2.75, 3.05) is 5.32 Å². The molecule has 2 heterocycles. The molecule has 30 heavy (non-hydrogen) atoms. The van der Waals surface area contributed by atoms with Crippen LogP contribution >= 0.6 is 11.6 Å². The number of aromatic nitrogens is 3. The first kappa shape index (κ1) is 20.0. The summed E-state index contributed by atoms with van der Waals surface area (Å²) in [7, 11) is 1.99. The average molecular weight is 418 g/mol. The molecule has 1 amide bonds. The molecule has 0 spiro atoms. The van der Waals surface area contributed by atoms with Gasteiger partial charge in [0.25, 0.3) is 0 Å². The van der Waals surface area contributed by atoms with E-state index in [9.17, 15) is 4.79 Å². The van der Waals surface area contributed by atoms with E-state index in [1.807, 2.05) is 62.4 Å². The molecule has 150 valence electrons. The molecule has 2 aromatic carbocycles. The van der Waals surface area contributed by atoms with Gasteiger partial charge in [-0.25, -0.2) is 4.98 Å². The molecule has 0 fully saturated rings. The number of fused-ring (bicyclic) bond motifs is 1. The number of benzene rings is 2. The predicted molar refractivity (Wildman–Crippen MR) is 123 cm³/mol. The normalized spacial score (nSPS) is 10.9. The van der Waals surface area contributed by atoms with Gasteiger partial charge in [-0.3, -0.25) is 4.79 Å². The summed E-state index contributed by atoms with van der Waals surface area (Å²) in [5.74, 6) is 0.802. The smallest absolute Gasteiger partial charge is 0.217 e. The van der Waals surface area contributed by atoms with Crippen LogP contribution in [0.4, 0.5) is 5.82 Å². The van der Waals surface area contributed by atoms with Crippen LogP contribution in [-0.2, 0) is 17.9 Å². The molecule has 0 unspecified atom stereocenters. The largest absolute Gasteiger partial charge is 0.366 e. The van der Waals surface area contributed by atoms with Gasteiger partial charge in [-0.1, -0.05) is 54.1 Å². The van der Waals surface area contributed by atoms with Crippen molar-refractivity contribution in [2.45, 2.75) is 20.0 Å². The number of carbonyl (C=O) groups is 1. The van der Waals surface area contributed by atoms with Gasteiger partial charge >= 0.3 is 0 Å². The quantitative estimate of drug-likeness (QED) is 0.473. The molecule has 0 aliphatic heterocycles. The summed E-state index contributed by atoms with van der Waals surface area (Å²) in [6, 6.07) is 17.8. The van der Waals surface area contributed by atoms with Gasteiger partial charge in [-0.15, -0.1) is 0 Å². The summed E-state index contributed by atoms with van der Waals surface area (Å²) in [6.45, 7) is 2.67. The number of rotatable bonds is 6. The van der Waals surface area contributed by atoms with Crippen LogP contribution in [0, 0.1) is 0 Å². The zero-order valence-corrected chi connectivity index (χ0v) is 17.6. The molecule has 2 aromatic heterocycles. The molecule has 2 N–H and O–H groups in total. The lowest BCUT2D eigenvalue weighted by atomic mass is 10.0. The Hall–Kier alpha value is -3.32. The third-order valence-electron chi connectivity index (χ3n) is 4.84. The standard InChI is InChI=1S/C22H21BClN5O/c1-14(30)25-11-15-6-8-16(9-7-15)12-26-21-10-20(17-4-2-3-5-19(17)24)28-22-18(23)13-27-29(21)22/h2-10,13,26H,11-12,23H2,1H3,(H,25,30). The molecule has 0 saturated heterocycles. The van der Waals surface area contributed by atoms with Crippen LogP contribution in [0.1, 0.15) is 18.1 Å². The van der Waals surface area contributed by atoms with Crippen molar-refractivity contribution in [3.05, 3.63) is 76.9 Å². The fraction of sp³-hybridized carbons (Fsp3) is 0.136. The molecular weight excluding hydrogens is 397 g/mol. The third-order valence-corrected chi connectivity index (χ3v) is 5.17. The summed E-state index contributed by atoms with van der Waals surface area (Å²) in [6.07, 6.45) is 1.81. The summed E-state index contributed by atoms with van der Waals surface area (Å²) in [4.78, 5) is 15.8. The zero-order chi connectivity index (χ0) is 21.1. The average Bonchev–Trinajstić information content (AvgIpc) is 3.12. The summed E-state index contributed by atoms with van der Waals surface area (Å²) < 4.78 is 1.81. The lowest BCUT2D eigenvalue weighted by molar-refractivity contribution is -0.119. The highest BCUT2D eigenvalue weighted by molar-refractivity contribution is 6.36. The van der Waals surface area contributed by atoms with Crippen molar-refractivity contribution < 1.29 is 4.79 Å². The Labute approximate surface area is 180 Å². The molecule has 0 aliphatic carbocycles. The molecule has 0 bridgehead atoms. The highest BCUT2D eigenvalue weighted by Crippen LogP contribution is 2.28. The number of hydrogen-bond acceptors (Lipinski definition) is 4. The van der Waals surface area contributed by atoms with Gasteiger partial charge in [-0.2, -0.15) is 9.61 Å². The van der Waals surface area contributed by atoms with E-state index in [1.165, 1.54) is 6.92 Å². The molecule has 0 saturated carbocycles. The molecule has 0 aliphatic rings. The first-order valence-electron chi connectivity index (χ1n) is 9.67. The van der Waals surface area contributed by atoms with Gasteiger partial charge < -0.3 is 10.6 Å². The van der Waals surface area contributed by atoms with Crippen molar-refractivity contribution in [3.63, 3.8) is 0 Å². The molecule has 0 atom stereocenters. The van der Waals surface area contributed by atoms with Gasteiger partial charge in [0.2, 0.25) is 5.91 Å². The second-order valence-electron chi connectivity index (χ2n) is 7.15. The van der Waals surface area contributed by atoms with E-state index >= 15 is 0 Å². The van der Waals surface area contributed by atoms with Crippen molar-refractivity contribution >= 4 is 42.3 Å². The maximum Gasteiger partial charge on any atom is 0.217 e. The minimum Gasteiger partial charge on any atom is -0.366 e. The lowest BCUT2D eigenvalue weighted by Crippen LogP contribution is -2.18. The Morgan fingerprint density at radius 3 is 2.50 bits per heavy atom. The van der Waals surface area contributed by atoms with Crippen molar-refractivity contribution in [2.24, 2.45) is 0 Å². The monoisotopic (exact) mass is 417 g/mol. The van der Waals surface area contributed by atoms with E-state index in [-0.39, 0.29) is 5.91 Å². The van der Waals surface area contributed by atoms with Crippen LogP contribution in [0.15, 0.2) is 60.8 Å². The van der Waals surface area contributed by atoms with E-state index in [1.54, 1.807) is 10.7 Å². The number of anilines is 1. The van der Waals surface area contributed by atoms with Crippen LogP contribution < -0.4 is 16.1 Å². The van der Waals surface area contributed by atoms with Crippen LogP contribution in [0.3, 0.4) is 0 Å². The Kier molecular flexibility index (Phi) is 5.72. The minimum atomic E-state index is -0.0358. The predicted octanol–water partition coefficient (Wildman–Crippen LogP) is 2.56. The number of nitrogens with one attached hydrogen (secondary N) is 2. The van der Waals surface area contributed by atoms with Gasteiger partial charge in [0.15, 0.2) is 5.65 Å². The molecule has 6 nitrogen and oxygen atoms in total. The number of carbonyl (C=O) groups excluding carboxylic acids is 1. The summed E-state index contributed by atoms with van der Waals surface area (Å²) >= 11 is 6.40. The highest BCUT2D eigenvalue weighted by Gasteiger charge is 2.12.